The number of hydrogen-bond donors (Lipinski definition) is 2. The number of benzene rings is 3. The van der Waals surface area contributed by atoms with Crippen molar-refractivity contribution in [1.29, 1.82) is 0 Å². The van der Waals surface area contributed by atoms with Gasteiger partial charge in [0.05, 0.1) is 6.21 Å². The van der Waals surface area contributed by atoms with Crippen LogP contribution in [0.5, 0.6) is 5.75 Å². The van der Waals surface area contributed by atoms with Gasteiger partial charge in [-0.2, -0.15) is 5.10 Å². The fraction of sp³-hybridized carbons (Fsp3) is 0.0385. The number of carbonyl (C=O) groups excluding carboxylic acids is 2. The Morgan fingerprint density at radius 2 is 1.55 bits per heavy atom. The second-order valence-electron chi connectivity index (χ2n) is 7.08. The normalized spacial score (nSPS) is 11.3. The number of hydrazone groups is 1. The van der Waals surface area contributed by atoms with Crippen molar-refractivity contribution in [2.45, 2.75) is 5.60 Å². The molecule has 0 radical (unpaired) electrons. The maximum absolute atomic E-state index is 13.1. The largest absolute Gasteiger partial charge is 0.422 e. The van der Waals surface area contributed by atoms with E-state index in [1.54, 1.807) is 90.3 Å². The van der Waals surface area contributed by atoms with Crippen molar-refractivity contribution in [2.24, 2.45) is 5.10 Å². The molecule has 2 N–H and O–H groups in total. The van der Waals surface area contributed by atoms with Gasteiger partial charge in [0.2, 0.25) is 0 Å². The van der Waals surface area contributed by atoms with Gasteiger partial charge in [-0.05, 0) is 40.3 Å². The Balaban J connectivity index is 1.50. The van der Waals surface area contributed by atoms with Crippen LogP contribution in [0.3, 0.4) is 0 Å². The smallest absolute Gasteiger partial charge is 0.353 e. The number of esters is 1. The Morgan fingerprint density at radius 1 is 0.879 bits per heavy atom. The number of thiophene rings is 1. The monoisotopic (exact) mass is 456 g/mol. The number of aliphatic hydroxyl groups is 1. The summed E-state index contributed by atoms with van der Waals surface area (Å²) in [5.74, 6) is -0.784. The maximum Gasteiger partial charge on any atom is 0.353 e. The van der Waals surface area contributed by atoms with Gasteiger partial charge in [0.25, 0.3) is 5.91 Å². The molecule has 0 saturated heterocycles. The molecular weight excluding hydrogens is 436 g/mol. The molecule has 4 aromatic rings. The molecular formula is C26H20N2O4S. The Kier molecular flexibility index (Phi) is 6.73. The lowest BCUT2D eigenvalue weighted by Gasteiger charge is -2.27. The Morgan fingerprint density at radius 3 is 2.15 bits per heavy atom. The number of hydrogen-bond acceptors (Lipinski definition) is 6. The van der Waals surface area contributed by atoms with Crippen LogP contribution in [0.2, 0.25) is 0 Å². The molecule has 0 aliphatic heterocycles. The van der Waals surface area contributed by atoms with Crippen molar-refractivity contribution < 1.29 is 19.4 Å². The van der Waals surface area contributed by atoms with Gasteiger partial charge in [0.1, 0.15) is 10.6 Å². The summed E-state index contributed by atoms with van der Waals surface area (Å²) >= 11 is 1.30. The average molecular weight is 457 g/mol. The van der Waals surface area contributed by atoms with Crippen molar-refractivity contribution in [3.05, 3.63) is 124 Å². The molecule has 164 valence electrons. The molecule has 33 heavy (non-hydrogen) atoms. The molecule has 3 aromatic carbocycles. The third-order valence-electron chi connectivity index (χ3n) is 4.88. The SMILES string of the molecule is O=C(Oc1cccc(/C=N/NC(=O)C(O)(c2ccccc2)c2ccccc2)c1)c1cccs1. The molecule has 0 spiro atoms. The van der Waals surface area contributed by atoms with E-state index in [1.807, 2.05) is 12.1 Å². The van der Waals surface area contributed by atoms with Crippen LogP contribution < -0.4 is 10.2 Å². The summed E-state index contributed by atoms with van der Waals surface area (Å²) < 4.78 is 5.38. The lowest BCUT2D eigenvalue weighted by Crippen LogP contribution is -2.43. The van der Waals surface area contributed by atoms with Gasteiger partial charge in [-0.25, -0.2) is 10.2 Å². The molecule has 1 amide bonds. The summed E-state index contributed by atoms with van der Waals surface area (Å²) in [5.41, 5.74) is 1.96. The third-order valence-corrected chi connectivity index (χ3v) is 5.73. The van der Waals surface area contributed by atoms with Gasteiger partial charge in [-0.15, -0.1) is 11.3 Å². The van der Waals surface area contributed by atoms with Crippen LogP contribution in [-0.2, 0) is 10.4 Å². The van der Waals surface area contributed by atoms with Crippen molar-refractivity contribution in [1.82, 2.24) is 5.43 Å². The summed E-state index contributed by atoms with van der Waals surface area (Å²) in [5, 5.41) is 17.2. The summed E-state index contributed by atoms with van der Waals surface area (Å²) in [6, 6.07) is 27.6. The number of amides is 1. The summed E-state index contributed by atoms with van der Waals surface area (Å²) in [6.45, 7) is 0. The van der Waals surface area contributed by atoms with Gasteiger partial charge >= 0.3 is 5.97 Å². The number of rotatable bonds is 7. The lowest BCUT2D eigenvalue weighted by atomic mass is 9.85. The number of nitrogens with zero attached hydrogens (tertiary/aromatic N) is 1. The van der Waals surface area contributed by atoms with E-state index < -0.39 is 17.5 Å². The lowest BCUT2D eigenvalue weighted by molar-refractivity contribution is -0.136. The fourth-order valence-electron chi connectivity index (χ4n) is 3.24. The molecule has 0 fully saturated rings. The van der Waals surface area contributed by atoms with Gasteiger partial charge in [-0.1, -0.05) is 78.9 Å². The zero-order valence-corrected chi connectivity index (χ0v) is 18.2. The van der Waals surface area contributed by atoms with Crippen LogP contribution >= 0.6 is 11.3 Å². The number of ether oxygens (including phenoxy) is 1. The molecule has 0 unspecified atom stereocenters. The van der Waals surface area contributed by atoms with Crippen molar-refractivity contribution in [3.8, 4) is 5.75 Å². The Bertz CT molecular complexity index is 1220. The molecule has 4 rings (SSSR count). The topological polar surface area (TPSA) is 88.0 Å². The summed E-state index contributed by atoms with van der Waals surface area (Å²) in [4.78, 5) is 25.7. The minimum absolute atomic E-state index is 0.355. The van der Waals surface area contributed by atoms with Crippen LogP contribution in [0.15, 0.2) is 108 Å². The molecule has 1 heterocycles. The van der Waals surface area contributed by atoms with Gasteiger partial charge in [-0.3, -0.25) is 4.79 Å². The summed E-state index contributed by atoms with van der Waals surface area (Å²) in [6.07, 6.45) is 1.41. The van der Waals surface area contributed by atoms with Crippen LogP contribution in [0.4, 0.5) is 0 Å². The first kappa shape index (κ1) is 22.1. The Labute approximate surface area is 194 Å². The first-order valence-corrected chi connectivity index (χ1v) is 11.0. The van der Waals surface area contributed by atoms with Crippen molar-refractivity contribution >= 4 is 29.4 Å². The number of nitrogens with one attached hydrogen (secondary N) is 1. The molecule has 0 bridgehead atoms. The van der Waals surface area contributed by atoms with E-state index in [9.17, 15) is 14.7 Å². The van der Waals surface area contributed by atoms with E-state index in [0.717, 1.165) is 0 Å². The molecule has 0 aliphatic rings. The molecule has 6 nitrogen and oxygen atoms in total. The quantitative estimate of drug-likeness (QED) is 0.187. The van der Waals surface area contributed by atoms with Crippen LogP contribution in [0, 0.1) is 0 Å². The van der Waals surface area contributed by atoms with Crippen molar-refractivity contribution in [2.75, 3.05) is 0 Å². The average Bonchev–Trinajstić information content (AvgIpc) is 3.40. The maximum atomic E-state index is 13.1. The zero-order chi connectivity index (χ0) is 23.1. The zero-order valence-electron chi connectivity index (χ0n) is 17.4. The van der Waals surface area contributed by atoms with E-state index in [1.165, 1.54) is 17.6 Å². The van der Waals surface area contributed by atoms with E-state index in [4.69, 9.17) is 4.74 Å². The van der Waals surface area contributed by atoms with Gasteiger partial charge in [0, 0.05) is 0 Å². The van der Waals surface area contributed by atoms with E-state index in [-0.39, 0.29) is 0 Å². The van der Waals surface area contributed by atoms with Crippen LogP contribution in [0.25, 0.3) is 0 Å². The standard InChI is InChI=1S/C26H20N2O4S/c29-24(23-15-8-16-33-23)32-22-14-7-9-19(17-22)18-27-28-25(30)26(31,20-10-3-1-4-11-20)21-12-5-2-6-13-21/h1-18,31H,(H,28,30)/b27-18+. The fourth-order valence-corrected chi connectivity index (χ4v) is 3.84. The second-order valence-corrected chi connectivity index (χ2v) is 8.03. The highest BCUT2D eigenvalue weighted by Crippen LogP contribution is 2.29. The first-order valence-electron chi connectivity index (χ1n) is 10.1. The first-order chi connectivity index (χ1) is 16.1. The molecule has 0 aliphatic carbocycles. The molecule has 0 saturated carbocycles. The molecule has 7 heteroatoms. The van der Waals surface area contributed by atoms with E-state index in [0.29, 0.717) is 27.3 Å². The highest BCUT2D eigenvalue weighted by Gasteiger charge is 2.39. The minimum Gasteiger partial charge on any atom is -0.422 e. The van der Waals surface area contributed by atoms with Crippen LogP contribution in [0.1, 0.15) is 26.4 Å². The third kappa shape index (κ3) is 5.06. The van der Waals surface area contributed by atoms with Gasteiger partial charge < -0.3 is 9.84 Å². The Hall–Kier alpha value is -4.07. The van der Waals surface area contributed by atoms with E-state index in [2.05, 4.69) is 10.5 Å². The molecule has 1 aromatic heterocycles. The highest BCUT2D eigenvalue weighted by atomic mass is 32.1. The van der Waals surface area contributed by atoms with Gasteiger partial charge in [0.15, 0.2) is 5.60 Å². The highest BCUT2D eigenvalue weighted by molar-refractivity contribution is 7.12. The second kappa shape index (κ2) is 10.0. The predicted octanol–water partition coefficient (Wildman–Crippen LogP) is 4.35. The van der Waals surface area contributed by atoms with Crippen LogP contribution in [-0.4, -0.2) is 23.2 Å². The minimum atomic E-state index is -1.92. The number of carbonyl (C=O) groups is 2. The summed E-state index contributed by atoms with van der Waals surface area (Å²) in [7, 11) is 0. The molecule has 0 atom stereocenters. The predicted molar refractivity (Wildman–Crippen MR) is 127 cm³/mol. The van der Waals surface area contributed by atoms with E-state index >= 15 is 0 Å². The van der Waals surface area contributed by atoms with Crippen molar-refractivity contribution in [3.63, 3.8) is 0 Å².